The summed E-state index contributed by atoms with van der Waals surface area (Å²) in [6.07, 6.45) is 4.07. The van der Waals surface area contributed by atoms with Gasteiger partial charge < -0.3 is 10.2 Å². The minimum absolute atomic E-state index is 0.0272. The summed E-state index contributed by atoms with van der Waals surface area (Å²) in [5.41, 5.74) is 1.38. The summed E-state index contributed by atoms with van der Waals surface area (Å²) < 4.78 is 0. The van der Waals surface area contributed by atoms with Gasteiger partial charge in [0.25, 0.3) is 17.7 Å². The van der Waals surface area contributed by atoms with E-state index in [2.05, 4.69) is 12.2 Å². The van der Waals surface area contributed by atoms with Crippen LogP contribution >= 0.6 is 23.2 Å². The fourth-order valence-corrected chi connectivity index (χ4v) is 4.51. The number of carbonyl (C=O) groups excluding carboxylic acids is 3. The van der Waals surface area contributed by atoms with E-state index in [0.29, 0.717) is 22.0 Å². The van der Waals surface area contributed by atoms with Gasteiger partial charge in [-0.05, 0) is 68.1 Å². The first-order valence-corrected chi connectivity index (χ1v) is 11.4. The number of rotatable bonds is 5. The third-order valence-corrected chi connectivity index (χ3v) is 6.45. The van der Waals surface area contributed by atoms with Gasteiger partial charge in [0.15, 0.2) is 0 Å². The minimum Gasteiger partial charge on any atom is -0.350 e. The molecule has 0 bridgehead atoms. The number of halogens is 2. The Balaban J connectivity index is 1.55. The van der Waals surface area contributed by atoms with E-state index < -0.39 is 11.8 Å². The third kappa shape index (κ3) is 4.25. The summed E-state index contributed by atoms with van der Waals surface area (Å²) in [4.78, 5) is 41.6. The van der Waals surface area contributed by atoms with Crippen LogP contribution in [0.3, 0.4) is 0 Å². The Morgan fingerprint density at radius 3 is 2.53 bits per heavy atom. The molecule has 1 atom stereocenters. The predicted octanol–water partition coefficient (Wildman–Crippen LogP) is 5.18. The van der Waals surface area contributed by atoms with Crippen molar-refractivity contribution < 1.29 is 14.4 Å². The largest absolute Gasteiger partial charge is 0.350 e. The fourth-order valence-electron chi connectivity index (χ4n) is 4.17. The monoisotopic (exact) mass is 471 g/mol. The number of carbonyl (C=O) groups is 3. The van der Waals surface area contributed by atoms with Crippen LogP contribution in [0.1, 0.15) is 43.0 Å². The number of nitrogens with zero attached hydrogens (tertiary/aromatic N) is 2. The summed E-state index contributed by atoms with van der Waals surface area (Å²) in [5.74, 6) is -1.22. The zero-order valence-electron chi connectivity index (χ0n) is 17.6. The van der Waals surface area contributed by atoms with E-state index in [9.17, 15) is 14.4 Å². The van der Waals surface area contributed by atoms with Gasteiger partial charge in [-0.25, -0.2) is 4.90 Å². The first-order valence-electron chi connectivity index (χ1n) is 10.6. The second-order valence-electron chi connectivity index (χ2n) is 7.87. The summed E-state index contributed by atoms with van der Waals surface area (Å²) in [6.45, 7) is 2.84. The Hall–Kier alpha value is -2.83. The molecule has 2 aromatic carbocycles. The van der Waals surface area contributed by atoms with Crippen LogP contribution in [-0.2, 0) is 9.59 Å². The van der Waals surface area contributed by atoms with E-state index in [1.165, 1.54) is 0 Å². The summed E-state index contributed by atoms with van der Waals surface area (Å²) >= 11 is 12.1. The Bertz CT molecular complexity index is 1100. The smallest absolute Gasteiger partial charge is 0.283 e. The summed E-state index contributed by atoms with van der Waals surface area (Å²) in [6, 6.07) is 13.5. The van der Waals surface area contributed by atoms with Crippen LogP contribution in [-0.4, -0.2) is 35.2 Å². The Kier molecular flexibility index (Phi) is 6.53. The molecule has 2 aromatic rings. The van der Waals surface area contributed by atoms with E-state index >= 15 is 0 Å². The molecule has 0 aliphatic carbocycles. The van der Waals surface area contributed by atoms with E-state index in [4.69, 9.17) is 23.2 Å². The first kappa shape index (κ1) is 22.4. The number of hydrogen-bond acceptors (Lipinski definition) is 4. The van der Waals surface area contributed by atoms with Gasteiger partial charge in [-0.3, -0.25) is 14.4 Å². The van der Waals surface area contributed by atoms with Gasteiger partial charge in [0.2, 0.25) is 0 Å². The standard InChI is InChI=1S/C24H23Cl2N3O3/c1-2-18-8-3-4-13-28(18)22(30)15-6-5-7-17(14-15)27-21-20(26)23(31)29(24(21)32)19-11-9-16(25)10-12-19/h5-7,9-12,14,18,27H,2-4,8,13H2,1H3. The zero-order valence-corrected chi connectivity index (χ0v) is 19.1. The molecule has 1 fully saturated rings. The second-order valence-corrected chi connectivity index (χ2v) is 8.69. The molecule has 2 aliphatic heterocycles. The molecule has 1 N–H and O–H groups in total. The zero-order chi connectivity index (χ0) is 22.8. The lowest BCUT2D eigenvalue weighted by Crippen LogP contribution is -2.43. The van der Waals surface area contributed by atoms with Crippen LogP contribution in [0.4, 0.5) is 11.4 Å². The predicted molar refractivity (Wildman–Crippen MR) is 126 cm³/mol. The summed E-state index contributed by atoms with van der Waals surface area (Å²) in [7, 11) is 0. The number of hydrogen-bond donors (Lipinski definition) is 1. The molecule has 0 aromatic heterocycles. The number of nitrogens with one attached hydrogen (secondary N) is 1. The number of anilines is 2. The molecule has 0 spiro atoms. The molecule has 3 amide bonds. The van der Waals surface area contributed by atoms with Gasteiger partial charge in [-0.15, -0.1) is 0 Å². The quantitative estimate of drug-likeness (QED) is 0.609. The van der Waals surface area contributed by atoms with Crippen molar-refractivity contribution in [2.24, 2.45) is 0 Å². The Morgan fingerprint density at radius 1 is 1.06 bits per heavy atom. The van der Waals surface area contributed by atoms with Crippen molar-refractivity contribution in [3.05, 3.63) is 69.8 Å². The van der Waals surface area contributed by atoms with Gasteiger partial charge in [0.05, 0.1) is 5.69 Å². The maximum atomic E-state index is 13.1. The van der Waals surface area contributed by atoms with Crippen LogP contribution in [0.2, 0.25) is 5.02 Å². The molecule has 1 saturated heterocycles. The molecule has 0 radical (unpaired) electrons. The molecule has 32 heavy (non-hydrogen) atoms. The number of imide groups is 1. The van der Waals surface area contributed by atoms with Crippen LogP contribution in [0.25, 0.3) is 0 Å². The average Bonchev–Trinajstić information content (AvgIpc) is 3.02. The molecule has 1 unspecified atom stereocenters. The molecular formula is C24H23Cl2N3O3. The average molecular weight is 472 g/mol. The number of amides is 3. The molecule has 2 heterocycles. The molecule has 166 valence electrons. The number of piperidine rings is 1. The van der Waals surface area contributed by atoms with Crippen LogP contribution in [0.5, 0.6) is 0 Å². The van der Waals surface area contributed by atoms with E-state index in [1.54, 1.807) is 48.5 Å². The topological polar surface area (TPSA) is 69.7 Å². The van der Waals surface area contributed by atoms with Crippen molar-refractivity contribution in [3.8, 4) is 0 Å². The van der Waals surface area contributed by atoms with E-state index in [0.717, 1.165) is 37.1 Å². The van der Waals surface area contributed by atoms with Crippen LogP contribution < -0.4 is 10.2 Å². The highest BCUT2D eigenvalue weighted by molar-refractivity contribution is 6.53. The van der Waals surface area contributed by atoms with Crippen molar-refractivity contribution in [3.63, 3.8) is 0 Å². The van der Waals surface area contributed by atoms with Gasteiger partial charge in [-0.2, -0.15) is 0 Å². The fraction of sp³-hybridized carbons (Fsp3) is 0.292. The van der Waals surface area contributed by atoms with Crippen molar-refractivity contribution in [2.45, 2.75) is 38.6 Å². The highest BCUT2D eigenvalue weighted by Gasteiger charge is 2.39. The van der Waals surface area contributed by atoms with Gasteiger partial charge in [0, 0.05) is 28.9 Å². The molecule has 4 rings (SSSR count). The highest BCUT2D eigenvalue weighted by atomic mass is 35.5. The first-order chi connectivity index (χ1) is 15.4. The van der Waals surface area contributed by atoms with E-state index in [1.807, 2.05) is 4.90 Å². The van der Waals surface area contributed by atoms with Crippen molar-refractivity contribution in [1.82, 2.24) is 4.90 Å². The van der Waals surface area contributed by atoms with Gasteiger partial charge >= 0.3 is 0 Å². The lowest BCUT2D eigenvalue weighted by atomic mass is 9.99. The second kappa shape index (κ2) is 9.35. The molecule has 6 nitrogen and oxygen atoms in total. The normalized spacial score (nSPS) is 19.0. The van der Waals surface area contributed by atoms with Gasteiger partial charge in [0.1, 0.15) is 10.7 Å². The minimum atomic E-state index is -0.618. The Labute approximate surface area is 196 Å². The maximum Gasteiger partial charge on any atom is 0.283 e. The number of likely N-dealkylation sites (tertiary alicyclic amines) is 1. The molecule has 2 aliphatic rings. The maximum absolute atomic E-state index is 13.1. The molecule has 0 saturated carbocycles. The van der Waals surface area contributed by atoms with E-state index in [-0.39, 0.29) is 22.7 Å². The number of benzene rings is 2. The van der Waals surface area contributed by atoms with Crippen molar-refractivity contribution in [1.29, 1.82) is 0 Å². The highest BCUT2D eigenvalue weighted by Crippen LogP contribution is 2.31. The van der Waals surface area contributed by atoms with Crippen LogP contribution in [0, 0.1) is 0 Å². The summed E-state index contributed by atoms with van der Waals surface area (Å²) in [5, 5.41) is 3.23. The molecule has 8 heteroatoms. The SMILES string of the molecule is CCC1CCCCN1C(=O)c1cccc(NC2=C(Cl)C(=O)N(c3ccc(Cl)cc3)C2=O)c1. The third-order valence-electron chi connectivity index (χ3n) is 5.85. The van der Waals surface area contributed by atoms with Crippen molar-refractivity contribution in [2.75, 3.05) is 16.8 Å². The van der Waals surface area contributed by atoms with Gasteiger partial charge in [-0.1, -0.05) is 36.2 Å². The van der Waals surface area contributed by atoms with Crippen molar-refractivity contribution >= 4 is 52.3 Å². The molecular weight excluding hydrogens is 449 g/mol. The lowest BCUT2D eigenvalue weighted by Gasteiger charge is -2.35. The lowest BCUT2D eigenvalue weighted by molar-refractivity contribution is -0.120. The Morgan fingerprint density at radius 2 is 1.81 bits per heavy atom. The van der Waals surface area contributed by atoms with Crippen LogP contribution in [0.15, 0.2) is 59.3 Å².